The minimum absolute atomic E-state index is 0.100. The second-order valence-electron chi connectivity index (χ2n) is 4.32. The fourth-order valence-corrected chi connectivity index (χ4v) is 2.45. The van der Waals surface area contributed by atoms with Gasteiger partial charge in [0.2, 0.25) is 0 Å². The normalized spacial score (nSPS) is 14.1. The van der Waals surface area contributed by atoms with Crippen molar-refractivity contribution >= 4 is 23.7 Å². The fourth-order valence-electron chi connectivity index (χ4n) is 1.47. The third kappa shape index (κ3) is 9.30. The van der Waals surface area contributed by atoms with E-state index in [-0.39, 0.29) is 17.0 Å². The number of carboxylic acid groups (broad SMARTS) is 2. The Morgan fingerprint density at radius 3 is 2.44 bits per heavy atom. The highest BCUT2D eigenvalue weighted by Crippen LogP contribution is 2.14. The first kappa shape index (κ1) is 17.2. The molecule has 0 aliphatic heterocycles. The summed E-state index contributed by atoms with van der Waals surface area (Å²) in [4.78, 5) is 21.1. The Kier molecular flexibility index (Phi) is 9.77. The van der Waals surface area contributed by atoms with Crippen LogP contribution in [-0.4, -0.2) is 39.8 Å². The van der Waals surface area contributed by atoms with Crippen molar-refractivity contribution in [3.8, 4) is 0 Å². The smallest absolute Gasteiger partial charge is 0.313 e. The van der Waals surface area contributed by atoms with E-state index in [1.807, 2.05) is 0 Å². The zero-order valence-electron chi connectivity index (χ0n) is 11.0. The van der Waals surface area contributed by atoms with Crippen molar-refractivity contribution in [1.29, 1.82) is 0 Å². The maximum Gasteiger partial charge on any atom is 0.313 e. The van der Waals surface area contributed by atoms with Gasteiger partial charge in [-0.2, -0.15) is 0 Å². The maximum absolute atomic E-state index is 10.6. The summed E-state index contributed by atoms with van der Waals surface area (Å²) in [5.74, 6) is -1.78. The van der Waals surface area contributed by atoms with Crippen LogP contribution in [0.4, 0.5) is 0 Å². The summed E-state index contributed by atoms with van der Waals surface area (Å²) in [7, 11) is 0. The molecule has 0 radical (unpaired) electrons. The third-order valence-electron chi connectivity index (χ3n) is 2.57. The first-order valence-electron chi connectivity index (χ1n) is 6.27. The first-order valence-corrected chi connectivity index (χ1v) is 7.31. The molecule has 0 aliphatic carbocycles. The van der Waals surface area contributed by atoms with Crippen LogP contribution in [0.2, 0.25) is 0 Å². The van der Waals surface area contributed by atoms with E-state index in [1.54, 1.807) is 6.92 Å². The number of carboxylic acids is 2. The van der Waals surface area contributed by atoms with Crippen LogP contribution in [0.3, 0.4) is 0 Å². The summed E-state index contributed by atoms with van der Waals surface area (Å²) in [5, 5.41) is 20.8. The lowest BCUT2D eigenvalue weighted by Crippen LogP contribution is -2.28. The summed E-state index contributed by atoms with van der Waals surface area (Å²) in [5.41, 5.74) is 0. The SMILES string of the molecule is CCCC(NCCCC(C)C(=O)O)SCC(=O)O. The topological polar surface area (TPSA) is 86.6 Å². The molecule has 2 atom stereocenters. The van der Waals surface area contributed by atoms with Gasteiger partial charge < -0.3 is 15.5 Å². The summed E-state index contributed by atoms with van der Waals surface area (Å²) >= 11 is 1.39. The lowest BCUT2D eigenvalue weighted by molar-refractivity contribution is -0.141. The Morgan fingerprint density at radius 2 is 1.94 bits per heavy atom. The van der Waals surface area contributed by atoms with Gasteiger partial charge in [-0.25, -0.2) is 0 Å². The highest BCUT2D eigenvalue weighted by Gasteiger charge is 2.12. The van der Waals surface area contributed by atoms with Crippen molar-refractivity contribution in [3.63, 3.8) is 0 Å². The van der Waals surface area contributed by atoms with E-state index in [2.05, 4.69) is 12.2 Å². The molecule has 2 unspecified atom stereocenters. The van der Waals surface area contributed by atoms with E-state index in [9.17, 15) is 9.59 Å². The van der Waals surface area contributed by atoms with Crippen LogP contribution in [0.5, 0.6) is 0 Å². The molecule has 0 aliphatic rings. The van der Waals surface area contributed by atoms with Crippen LogP contribution >= 0.6 is 11.8 Å². The van der Waals surface area contributed by atoms with Gasteiger partial charge in [0.05, 0.1) is 17.0 Å². The van der Waals surface area contributed by atoms with E-state index in [1.165, 1.54) is 11.8 Å². The first-order chi connectivity index (χ1) is 8.47. The van der Waals surface area contributed by atoms with E-state index < -0.39 is 11.9 Å². The second-order valence-corrected chi connectivity index (χ2v) is 5.51. The van der Waals surface area contributed by atoms with Crippen molar-refractivity contribution in [2.75, 3.05) is 12.3 Å². The zero-order chi connectivity index (χ0) is 14.0. The van der Waals surface area contributed by atoms with E-state index in [0.29, 0.717) is 6.42 Å². The molecule has 106 valence electrons. The van der Waals surface area contributed by atoms with Crippen molar-refractivity contribution in [3.05, 3.63) is 0 Å². The van der Waals surface area contributed by atoms with Gasteiger partial charge in [0.1, 0.15) is 0 Å². The van der Waals surface area contributed by atoms with Crippen LogP contribution in [-0.2, 0) is 9.59 Å². The largest absolute Gasteiger partial charge is 0.481 e. The minimum Gasteiger partial charge on any atom is -0.481 e. The average Bonchev–Trinajstić information content (AvgIpc) is 2.30. The Labute approximate surface area is 112 Å². The summed E-state index contributed by atoms with van der Waals surface area (Å²) in [6, 6.07) is 0. The van der Waals surface area contributed by atoms with Crippen LogP contribution in [0.15, 0.2) is 0 Å². The molecular formula is C12H23NO4S. The van der Waals surface area contributed by atoms with E-state index >= 15 is 0 Å². The van der Waals surface area contributed by atoms with Gasteiger partial charge in [-0.3, -0.25) is 9.59 Å². The molecule has 5 nitrogen and oxygen atoms in total. The molecule has 0 aromatic heterocycles. The molecule has 18 heavy (non-hydrogen) atoms. The maximum atomic E-state index is 10.6. The molecule has 0 heterocycles. The van der Waals surface area contributed by atoms with Crippen LogP contribution in [0, 0.1) is 5.92 Å². The molecule has 0 rings (SSSR count). The van der Waals surface area contributed by atoms with Crippen molar-refractivity contribution in [2.24, 2.45) is 5.92 Å². The quantitative estimate of drug-likeness (QED) is 0.396. The number of hydrogen-bond acceptors (Lipinski definition) is 4. The summed E-state index contributed by atoms with van der Waals surface area (Å²) in [6.07, 6.45) is 3.36. The van der Waals surface area contributed by atoms with Gasteiger partial charge in [0.15, 0.2) is 0 Å². The predicted octanol–water partition coefficient (Wildman–Crippen LogP) is 2.02. The van der Waals surface area contributed by atoms with Gasteiger partial charge in [-0.1, -0.05) is 20.3 Å². The zero-order valence-corrected chi connectivity index (χ0v) is 11.8. The Bertz CT molecular complexity index is 260. The van der Waals surface area contributed by atoms with Gasteiger partial charge in [0, 0.05) is 0 Å². The molecule has 0 bridgehead atoms. The van der Waals surface area contributed by atoms with Gasteiger partial charge in [-0.05, 0) is 25.8 Å². The van der Waals surface area contributed by atoms with E-state index in [0.717, 1.165) is 25.8 Å². The Balaban J connectivity index is 3.75. The molecule has 0 aromatic rings. The number of rotatable bonds is 11. The van der Waals surface area contributed by atoms with Gasteiger partial charge in [0.25, 0.3) is 0 Å². The number of thioether (sulfide) groups is 1. The Morgan fingerprint density at radius 1 is 1.28 bits per heavy atom. The number of hydrogen-bond donors (Lipinski definition) is 3. The highest BCUT2D eigenvalue weighted by molar-refractivity contribution is 8.00. The summed E-state index contributed by atoms with van der Waals surface area (Å²) in [6.45, 7) is 4.49. The van der Waals surface area contributed by atoms with Crippen LogP contribution in [0.1, 0.15) is 39.5 Å². The van der Waals surface area contributed by atoms with Gasteiger partial charge >= 0.3 is 11.9 Å². The van der Waals surface area contributed by atoms with Crippen molar-refractivity contribution < 1.29 is 19.8 Å². The fraction of sp³-hybridized carbons (Fsp3) is 0.833. The highest BCUT2D eigenvalue weighted by atomic mass is 32.2. The lowest BCUT2D eigenvalue weighted by atomic mass is 10.1. The number of carbonyl (C=O) groups is 2. The molecule has 0 spiro atoms. The van der Waals surface area contributed by atoms with Crippen LogP contribution < -0.4 is 5.32 Å². The molecule has 0 fully saturated rings. The van der Waals surface area contributed by atoms with E-state index in [4.69, 9.17) is 10.2 Å². The standard InChI is InChI=1S/C12H23NO4S/c1-3-5-10(18-8-11(14)15)13-7-4-6-9(2)12(16)17/h9-10,13H,3-8H2,1-2H3,(H,14,15)(H,16,17). The molecule has 6 heteroatoms. The minimum atomic E-state index is -0.803. The number of aliphatic carboxylic acids is 2. The average molecular weight is 277 g/mol. The predicted molar refractivity (Wildman–Crippen MR) is 72.8 cm³/mol. The molecule has 0 aromatic carbocycles. The molecule has 0 saturated heterocycles. The lowest BCUT2D eigenvalue weighted by Gasteiger charge is -2.17. The van der Waals surface area contributed by atoms with Crippen molar-refractivity contribution in [2.45, 2.75) is 44.9 Å². The van der Waals surface area contributed by atoms with Crippen LogP contribution in [0.25, 0.3) is 0 Å². The Hall–Kier alpha value is -0.750. The third-order valence-corrected chi connectivity index (χ3v) is 3.78. The number of nitrogens with one attached hydrogen (secondary N) is 1. The molecular weight excluding hydrogens is 254 g/mol. The summed E-state index contributed by atoms with van der Waals surface area (Å²) < 4.78 is 0. The van der Waals surface area contributed by atoms with Crippen molar-refractivity contribution in [1.82, 2.24) is 5.32 Å². The van der Waals surface area contributed by atoms with Gasteiger partial charge in [-0.15, -0.1) is 11.8 Å². The second kappa shape index (κ2) is 10.2. The monoisotopic (exact) mass is 277 g/mol. The molecule has 3 N–H and O–H groups in total. The molecule has 0 amide bonds. The molecule has 0 saturated carbocycles.